The highest BCUT2D eigenvalue weighted by molar-refractivity contribution is 6.62. The molecule has 0 aliphatic carbocycles. The van der Waals surface area contributed by atoms with Gasteiger partial charge in [-0.3, -0.25) is 0 Å². The molecule has 2 aromatic carbocycles. The fraction of sp³-hybridized carbons (Fsp3) is 0.391. The van der Waals surface area contributed by atoms with Crippen LogP contribution in [0.4, 0.5) is 5.69 Å². The lowest BCUT2D eigenvalue weighted by atomic mass is 10.1. The van der Waals surface area contributed by atoms with Crippen LogP contribution in [0.25, 0.3) is 0 Å². The Morgan fingerprint density at radius 2 is 1.70 bits per heavy atom. The van der Waals surface area contributed by atoms with E-state index >= 15 is 0 Å². The van der Waals surface area contributed by atoms with Crippen molar-refractivity contribution in [2.45, 2.75) is 24.4 Å². The van der Waals surface area contributed by atoms with Crippen molar-refractivity contribution in [3.63, 3.8) is 0 Å². The number of rotatable bonds is 14. The van der Waals surface area contributed by atoms with Crippen LogP contribution in [0.3, 0.4) is 0 Å². The molecule has 0 bridgehead atoms. The Morgan fingerprint density at radius 3 is 2.27 bits per heavy atom. The molecule has 0 heterocycles. The van der Waals surface area contributed by atoms with E-state index in [0.29, 0.717) is 13.2 Å². The first kappa shape index (κ1) is 24.3. The molecular weight excluding hydrogens is 394 g/mol. The summed E-state index contributed by atoms with van der Waals surface area (Å²) in [5.74, 6) is 0. The molecule has 0 amide bonds. The number of nitrogen functional groups attached to an aromatic ring is 1. The van der Waals surface area contributed by atoms with Crippen molar-refractivity contribution in [3.8, 4) is 0 Å². The van der Waals surface area contributed by atoms with E-state index in [-0.39, 0.29) is 11.6 Å². The Balaban J connectivity index is 2.20. The molecule has 0 aliphatic heterocycles. The molecule has 2 aromatic rings. The molecule has 2 atom stereocenters. The third-order valence-corrected chi connectivity index (χ3v) is 8.40. The first-order valence-electron chi connectivity index (χ1n) is 10.3. The maximum absolute atomic E-state index is 6.22. The summed E-state index contributed by atoms with van der Waals surface area (Å²) in [6.07, 6.45) is 3.45. The highest BCUT2D eigenvalue weighted by atomic mass is 28.4. The lowest BCUT2D eigenvalue weighted by Gasteiger charge is -2.34. The summed E-state index contributed by atoms with van der Waals surface area (Å²) in [6.45, 7) is 5.78. The predicted molar refractivity (Wildman–Crippen MR) is 125 cm³/mol. The van der Waals surface area contributed by atoms with Crippen LogP contribution in [0.15, 0.2) is 67.3 Å². The monoisotopic (exact) mass is 429 g/mol. The summed E-state index contributed by atoms with van der Waals surface area (Å²) < 4.78 is 18.1. The largest absolute Gasteiger partial charge is 0.508 e. The summed E-state index contributed by atoms with van der Waals surface area (Å²) in [4.78, 5) is 0. The first-order valence-corrected chi connectivity index (χ1v) is 12.1. The van der Waals surface area contributed by atoms with E-state index in [2.05, 4.69) is 24.0 Å². The number of anilines is 1. The average Bonchev–Trinajstić information content (AvgIpc) is 2.79. The molecule has 2 rings (SSSR count). The number of hydrogen-bond acceptors (Lipinski definition) is 6. The lowest BCUT2D eigenvalue weighted by molar-refractivity contribution is 0.0861. The molecule has 0 saturated heterocycles. The minimum Gasteiger partial charge on any atom is -0.399 e. The van der Waals surface area contributed by atoms with Gasteiger partial charge in [0.15, 0.2) is 0 Å². The van der Waals surface area contributed by atoms with E-state index in [1.165, 1.54) is 5.56 Å². The van der Waals surface area contributed by atoms with Crippen LogP contribution < -0.4 is 16.8 Å². The van der Waals surface area contributed by atoms with Crippen LogP contribution in [0, 0.1) is 0 Å². The van der Waals surface area contributed by atoms with Gasteiger partial charge in [-0.05, 0) is 49.2 Å². The zero-order chi connectivity index (χ0) is 21.8. The molecule has 2 unspecified atom stereocenters. The number of hydrogen-bond donors (Lipinski definition) is 3. The van der Waals surface area contributed by atoms with Gasteiger partial charge in [-0.25, -0.2) is 0 Å². The fourth-order valence-corrected chi connectivity index (χ4v) is 6.24. The van der Waals surface area contributed by atoms with Crippen LogP contribution in [-0.2, 0) is 13.3 Å². The minimum absolute atomic E-state index is 0.0420. The second-order valence-corrected chi connectivity index (χ2v) is 10.1. The highest BCUT2D eigenvalue weighted by Crippen LogP contribution is 2.33. The number of nitrogens with one attached hydrogen (secondary N) is 1. The smallest absolute Gasteiger partial charge is 0.399 e. The summed E-state index contributed by atoms with van der Waals surface area (Å²) in [5, 5.41) is 3.58. The lowest BCUT2D eigenvalue weighted by Crippen LogP contribution is -2.51. The quantitative estimate of drug-likeness (QED) is 0.184. The Hall–Kier alpha value is -2.00. The van der Waals surface area contributed by atoms with E-state index in [4.69, 9.17) is 24.7 Å². The molecule has 0 spiro atoms. The first-order chi connectivity index (χ1) is 14.6. The third-order valence-electron chi connectivity index (χ3n) is 5.18. The predicted octanol–water partition coefficient (Wildman–Crippen LogP) is 3.40. The van der Waals surface area contributed by atoms with Crippen LogP contribution in [0.2, 0.25) is 0 Å². The Kier molecular flexibility index (Phi) is 10.2. The normalized spacial score (nSPS) is 13.7. The molecule has 164 valence electrons. The molecule has 0 aliphatic rings. The van der Waals surface area contributed by atoms with Gasteiger partial charge in [0.1, 0.15) is 0 Å². The van der Waals surface area contributed by atoms with E-state index in [9.17, 15) is 0 Å². The van der Waals surface area contributed by atoms with Crippen LogP contribution in [-0.4, -0.2) is 42.7 Å². The summed E-state index contributed by atoms with van der Waals surface area (Å²) in [6, 6.07) is 18.2. The second-order valence-electron chi connectivity index (χ2n) is 7.09. The van der Waals surface area contributed by atoms with Gasteiger partial charge in [-0.2, -0.15) is 0 Å². The average molecular weight is 430 g/mol. The van der Waals surface area contributed by atoms with E-state index in [1.54, 1.807) is 14.2 Å². The van der Waals surface area contributed by atoms with E-state index in [1.807, 2.05) is 48.5 Å². The van der Waals surface area contributed by atoms with Crippen molar-refractivity contribution >= 4 is 14.5 Å². The van der Waals surface area contributed by atoms with Crippen molar-refractivity contribution in [1.29, 1.82) is 0 Å². The van der Waals surface area contributed by atoms with Gasteiger partial charge >= 0.3 is 8.80 Å². The van der Waals surface area contributed by atoms with Crippen LogP contribution >= 0.6 is 0 Å². The maximum atomic E-state index is 6.22. The highest BCUT2D eigenvalue weighted by Gasteiger charge is 2.48. The molecule has 0 radical (unpaired) electrons. The van der Waals surface area contributed by atoms with Gasteiger partial charge in [0.2, 0.25) is 0 Å². The molecule has 6 nitrogen and oxygen atoms in total. The fourth-order valence-electron chi connectivity index (χ4n) is 3.54. The summed E-state index contributed by atoms with van der Waals surface area (Å²) in [5.41, 5.74) is 14.5. The Labute approximate surface area is 181 Å². The van der Waals surface area contributed by atoms with Crippen molar-refractivity contribution in [2.24, 2.45) is 5.73 Å². The number of benzene rings is 2. The van der Waals surface area contributed by atoms with Gasteiger partial charge in [-0.15, -0.1) is 6.58 Å². The van der Waals surface area contributed by atoms with Gasteiger partial charge in [-0.1, -0.05) is 48.5 Å². The maximum Gasteiger partial charge on any atom is 0.508 e. The van der Waals surface area contributed by atoms with Crippen LogP contribution in [0.5, 0.6) is 0 Å². The van der Waals surface area contributed by atoms with Gasteiger partial charge in [0, 0.05) is 26.5 Å². The zero-order valence-electron chi connectivity index (χ0n) is 18.1. The van der Waals surface area contributed by atoms with Crippen molar-refractivity contribution in [2.75, 3.05) is 39.6 Å². The molecule has 0 saturated carbocycles. The van der Waals surface area contributed by atoms with Crippen molar-refractivity contribution in [3.05, 3.63) is 78.4 Å². The molecule has 5 N–H and O–H groups in total. The molecule has 7 heteroatoms. The SMILES string of the molecule is C=CC(NCCC(c1ccc(N)cc1)[Si](OC)(OC)OCCCN)c1ccccc1. The summed E-state index contributed by atoms with van der Waals surface area (Å²) >= 11 is 0. The molecular formula is C23H35N3O3Si. The Morgan fingerprint density at radius 1 is 1.03 bits per heavy atom. The van der Waals surface area contributed by atoms with Crippen LogP contribution in [0.1, 0.15) is 35.6 Å². The topological polar surface area (TPSA) is 91.8 Å². The van der Waals surface area contributed by atoms with E-state index in [0.717, 1.165) is 30.6 Å². The van der Waals surface area contributed by atoms with Crippen molar-refractivity contribution in [1.82, 2.24) is 5.32 Å². The standard InChI is InChI=1S/C23H35N3O3Si/c1-4-22(19-9-6-5-7-10-19)26-17-15-23(20-11-13-21(25)14-12-20)30(27-2,28-3)29-18-8-16-24/h4-7,9-14,22-23,26H,1,8,15-18,24-25H2,2-3H3. The van der Waals surface area contributed by atoms with Gasteiger partial charge in [0.25, 0.3) is 0 Å². The molecule has 30 heavy (non-hydrogen) atoms. The van der Waals surface area contributed by atoms with E-state index < -0.39 is 8.80 Å². The second kappa shape index (κ2) is 12.6. The van der Waals surface area contributed by atoms with Gasteiger partial charge in [0.05, 0.1) is 11.6 Å². The third kappa shape index (κ3) is 6.50. The van der Waals surface area contributed by atoms with Gasteiger partial charge < -0.3 is 30.1 Å². The Bertz CT molecular complexity index is 739. The molecule has 0 aromatic heterocycles. The van der Waals surface area contributed by atoms with Crippen molar-refractivity contribution < 1.29 is 13.3 Å². The summed E-state index contributed by atoms with van der Waals surface area (Å²) in [7, 11) is 0.326. The number of nitrogens with two attached hydrogens (primary N) is 2. The zero-order valence-corrected chi connectivity index (χ0v) is 19.1. The molecule has 0 fully saturated rings. The minimum atomic E-state index is -2.99.